The number of rotatable bonds is 10. The molecule has 0 bridgehead atoms. The SMILES string of the molecule is Cc1cc(-c2noc(-c3scc(CC(C)C)c3C)n2)cc(Cl)c1OC[C@@H](O)CNC(=O)CO. The van der Waals surface area contributed by atoms with Gasteiger partial charge in [-0.25, -0.2) is 0 Å². The summed E-state index contributed by atoms with van der Waals surface area (Å²) in [5.41, 5.74) is 3.88. The van der Waals surface area contributed by atoms with Crippen molar-refractivity contribution in [3.05, 3.63) is 39.2 Å². The molecular formula is C23H28ClN3O5S. The molecule has 0 radical (unpaired) electrons. The van der Waals surface area contributed by atoms with E-state index < -0.39 is 18.6 Å². The van der Waals surface area contributed by atoms with Crippen molar-refractivity contribution in [1.82, 2.24) is 15.5 Å². The Bertz CT molecular complexity index is 1090. The molecule has 10 heteroatoms. The number of aryl methyl sites for hydroxylation is 1. The van der Waals surface area contributed by atoms with Crippen LogP contribution in [0.3, 0.4) is 0 Å². The second-order valence-corrected chi connectivity index (χ2v) is 9.55. The van der Waals surface area contributed by atoms with Crippen molar-refractivity contribution in [2.45, 2.75) is 40.2 Å². The van der Waals surface area contributed by atoms with Crippen LogP contribution < -0.4 is 10.1 Å². The number of thiophene rings is 1. The van der Waals surface area contributed by atoms with Crippen LogP contribution in [0.1, 0.15) is 30.5 Å². The standard InChI is InChI=1S/C23H28ClN3O5S/c1-12(2)5-16-11-33-21(14(16)4)23-26-22(27-32-23)15-6-13(3)20(18(24)7-15)31-10-17(29)8-25-19(30)9-28/h6-7,11-12,17,28-29H,5,8-10H2,1-4H3,(H,25,30)/t17-/m0/s1. The van der Waals surface area contributed by atoms with Gasteiger partial charge >= 0.3 is 0 Å². The topological polar surface area (TPSA) is 118 Å². The van der Waals surface area contributed by atoms with Crippen molar-refractivity contribution in [2.24, 2.45) is 5.92 Å². The Morgan fingerprint density at radius 1 is 1.33 bits per heavy atom. The number of carbonyl (C=O) groups is 1. The number of halogens is 1. The summed E-state index contributed by atoms with van der Waals surface area (Å²) in [6.45, 7) is 7.53. The van der Waals surface area contributed by atoms with E-state index in [0.717, 1.165) is 22.4 Å². The fraction of sp³-hybridized carbons (Fsp3) is 0.435. The molecule has 178 valence electrons. The van der Waals surface area contributed by atoms with Crippen LogP contribution in [0.2, 0.25) is 5.02 Å². The molecule has 3 N–H and O–H groups in total. The van der Waals surface area contributed by atoms with Gasteiger partial charge in [-0.05, 0) is 60.4 Å². The van der Waals surface area contributed by atoms with E-state index >= 15 is 0 Å². The maximum atomic E-state index is 11.1. The Morgan fingerprint density at radius 2 is 2.09 bits per heavy atom. The normalized spacial score (nSPS) is 12.2. The number of ether oxygens (including phenoxy) is 1. The van der Waals surface area contributed by atoms with Crippen molar-refractivity contribution in [3.63, 3.8) is 0 Å². The minimum atomic E-state index is -0.954. The Hall–Kier alpha value is -2.46. The summed E-state index contributed by atoms with van der Waals surface area (Å²) in [6.07, 6.45) is 0.0484. The van der Waals surface area contributed by atoms with Crippen LogP contribution in [0.25, 0.3) is 22.2 Å². The molecule has 1 atom stereocenters. The van der Waals surface area contributed by atoms with Crippen LogP contribution in [0.4, 0.5) is 0 Å². The molecule has 1 aromatic carbocycles. The van der Waals surface area contributed by atoms with Crippen molar-refractivity contribution in [1.29, 1.82) is 0 Å². The number of benzene rings is 1. The highest BCUT2D eigenvalue weighted by Crippen LogP contribution is 2.36. The van der Waals surface area contributed by atoms with Crippen molar-refractivity contribution < 1.29 is 24.3 Å². The molecular weight excluding hydrogens is 466 g/mol. The third-order valence-corrected chi connectivity index (χ3v) is 6.38. The zero-order valence-corrected chi connectivity index (χ0v) is 20.6. The lowest BCUT2D eigenvalue weighted by Crippen LogP contribution is -2.36. The smallest absolute Gasteiger partial charge is 0.268 e. The van der Waals surface area contributed by atoms with E-state index in [1.54, 1.807) is 17.4 Å². The summed E-state index contributed by atoms with van der Waals surface area (Å²) in [5.74, 6) is 1.32. The Morgan fingerprint density at radius 3 is 2.76 bits per heavy atom. The summed E-state index contributed by atoms with van der Waals surface area (Å²) >= 11 is 8.02. The number of hydrogen-bond donors (Lipinski definition) is 3. The number of nitrogens with one attached hydrogen (secondary N) is 1. The van der Waals surface area contributed by atoms with Crippen molar-refractivity contribution >= 4 is 28.8 Å². The number of hydrogen-bond acceptors (Lipinski definition) is 8. The first kappa shape index (κ1) is 25.2. The summed E-state index contributed by atoms with van der Waals surface area (Å²) in [6, 6.07) is 3.52. The summed E-state index contributed by atoms with van der Waals surface area (Å²) in [5, 5.41) is 27.7. The van der Waals surface area contributed by atoms with Gasteiger partial charge in [0.1, 0.15) is 25.1 Å². The average molecular weight is 494 g/mol. The van der Waals surface area contributed by atoms with E-state index in [-0.39, 0.29) is 13.2 Å². The van der Waals surface area contributed by atoms with Crippen LogP contribution in [0.15, 0.2) is 22.0 Å². The summed E-state index contributed by atoms with van der Waals surface area (Å²) in [4.78, 5) is 16.6. The monoisotopic (exact) mass is 493 g/mol. The molecule has 0 unspecified atom stereocenters. The lowest BCUT2D eigenvalue weighted by atomic mass is 10.0. The highest BCUT2D eigenvalue weighted by molar-refractivity contribution is 7.13. The fourth-order valence-corrected chi connectivity index (χ4v) is 4.65. The molecule has 0 fully saturated rings. The number of aliphatic hydroxyl groups excluding tert-OH is 2. The minimum Gasteiger partial charge on any atom is -0.489 e. The zero-order valence-electron chi connectivity index (χ0n) is 19.0. The van der Waals surface area contributed by atoms with Gasteiger partial charge in [-0.2, -0.15) is 4.98 Å². The second kappa shape index (κ2) is 11.1. The first-order valence-corrected chi connectivity index (χ1v) is 11.8. The molecule has 0 aliphatic heterocycles. The highest BCUT2D eigenvalue weighted by atomic mass is 35.5. The van der Waals surface area contributed by atoms with Gasteiger partial charge < -0.3 is 24.8 Å². The molecule has 0 spiro atoms. The van der Waals surface area contributed by atoms with E-state index in [2.05, 4.69) is 41.6 Å². The van der Waals surface area contributed by atoms with Crippen LogP contribution in [-0.2, 0) is 11.2 Å². The van der Waals surface area contributed by atoms with Gasteiger partial charge in [0.15, 0.2) is 0 Å². The molecule has 3 rings (SSSR count). The van der Waals surface area contributed by atoms with E-state index in [9.17, 15) is 9.90 Å². The van der Waals surface area contributed by atoms with Crippen molar-refractivity contribution in [3.8, 4) is 27.9 Å². The number of aliphatic hydroxyl groups is 2. The average Bonchev–Trinajstić information content (AvgIpc) is 3.38. The third-order valence-electron chi connectivity index (χ3n) is 4.98. The van der Waals surface area contributed by atoms with Gasteiger partial charge in [-0.3, -0.25) is 4.79 Å². The number of aromatic nitrogens is 2. The molecule has 0 saturated heterocycles. The van der Waals surface area contributed by atoms with E-state index in [4.69, 9.17) is 26.0 Å². The first-order chi connectivity index (χ1) is 15.7. The quantitative estimate of drug-likeness (QED) is 0.393. The minimum absolute atomic E-state index is 0.0409. The maximum absolute atomic E-state index is 11.1. The highest BCUT2D eigenvalue weighted by Gasteiger charge is 2.19. The lowest BCUT2D eigenvalue weighted by Gasteiger charge is -2.16. The van der Waals surface area contributed by atoms with E-state index in [0.29, 0.717) is 34.0 Å². The van der Waals surface area contributed by atoms with Crippen LogP contribution >= 0.6 is 22.9 Å². The van der Waals surface area contributed by atoms with Crippen LogP contribution in [-0.4, -0.2) is 52.1 Å². The Kier molecular flexibility index (Phi) is 8.47. The van der Waals surface area contributed by atoms with Gasteiger partial charge in [-0.1, -0.05) is 30.6 Å². The van der Waals surface area contributed by atoms with Gasteiger partial charge in [0, 0.05) is 12.1 Å². The molecule has 3 aromatic rings. The second-order valence-electron chi connectivity index (χ2n) is 8.27. The van der Waals surface area contributed by atoms with Gasteiger partial charge in [-0.15, -0.1) is 11.3 Å². The molecule has 0 aliphatic carbocycles. The van der Waals surface area contributed by atoms with Gasteiger partial charge in [0.2, 0.25) is 11.7 Å². The third kappa shape index (κ3) is 6.32. The molecule has 8 nitrogen and oxygen atoms in total. The summed E-state index contributed by atoms with van der Waals surface area (Å²) in [7, 11) is 0. The predicted molar refractivity (Wildman–Crippen MR) is 128 cm³/mol. The Labute approximate surface area is 201 Å². The fourth-order valence-electron chi connectivity index (χ4n) is 3.31. The maximum Gasteiger partial charge on any atom is 0.268 e. The zero-order chi connectivity index (χ0) is 24.1. The molecule has 2 aromatic heterocycles. The van der Waals surface area contributed by atoms with Crippen LogP contribution in [0.5, 0.6) is 5.75 Å². The number of amides is 1. The molecule has 33 heavy (non-hydrogen) atoms. The molecule has 0 saturated carbocycles. The number of carbonyl (C=O) groups excluding carboxylic acids is 1. The van der Waals surface area contributed by atoms with Gasteiger partial charge in [0.25, 0.3) is 5.89 Å². The molecule has 1 amide bonds. The lowest BCUT2D eigenvalue weighted by molar-refractivity contribution is -0.124. The van der Waals surface area contributed by atoms with E-state index in [1.807, 2.05) is 13.0 Å². The summed E-state index contributed by atoms with van der Waals surface area (Å²) < 4.78 is 11.2. The number of nitrogens with zero attached hydrogens (tertiary/aromatic N) is 2. The molecule has 0 aliphatic rings. The molecule has 2 heterocycles. The Balaban J connectivity index is 1.72. The van der Waals surface area contributed by atoms with E-state index in [1.165, 1.54) is 5.56 Å². The van der Waals surface area contributed by atoms with Gasteiger partial charge in [0.05, 0.1) is 9.90 Å². The first-order valence-electron chi connectivity index (χ1n) is 10.6. The van der Waals surface area contributed by atoms with Crippen molar-refractivity contribution in [2.75, 3.05) is 19.8 Å². The largest absolute Gasteiger partial charge is 0.489 e. The predicted octanol–water partition coefficient (Wildman–Crippen LogP) is 3.78. The van der Waals surface area contributed by atoms with Crippen LogP contribution in [0, 0.1) is 19.8 Å².